The Morgan fingerprint density at radius 3 is 2.46 bits per heavy atom. The maximum absolute atomic E-state index is 12.5. The standard InChI is InChI=1S/C13H15N5O.C6H5Cl/c19-13-17-11(10-8-14-6-7-15-10)4-5-12(17)16-18(13)9-2-1-3-9;7-6-4-2-1-3-5-6/h6-9,11H,1-5H2;1-5H. The van der Waals surface area contributed by atoms with Gasteiger partial charge in [-0.1, -0.05) is 29.8 Å². The van der Waals surface area contributed by atoms with E-state index in [2.05, 4.69) is 15.1 Å². The van der Waals surface area contributed by atoms with E-state index in [9.17, 15) is 4.79 Å². The predicted molar refractivity (Wildman–Crippen MR) is 99.3 cm³/mol. The lowest BCUT2D eigenvalue weighted by Gasteiger charge is -2.24. The average Bonchev–Trinajstić information content (AvgIpc) is 3.17. The first-order valence-corrected chi connectivity index (χ1v) is 9.28. The molecule has 0 spiro atoms. The molecule has 3 heterocycles. The molecule has 2 aliphatic rings. The molecule has 1 saturated carbocycles. The Morgan fingerprint density at radius 2 is 1.88 bits per heavy atom. The molecule has 3 aromatic rings. The van der Waals surface area contributed by atoms with Crippen LogP contribution in [0.15, 0.2) is 53.7 Å². The largest absolute Gasteiger partial charge is 0.346 e. The summed E-state index contributed by atoms with van der Waals surface area (Å²) in [5, 5.41) is 5.30. The number of aromatic nitrogens is 5. The van der Waals surface area contributed by atoms with E-state index in [0.717, 1.165) is 42.2 Å². The molecule has 0 bridgehead atoms. The van der Waals surface area contributed by atoms with Crippen LogP contribution in [-0.2, 0) is 6.42 Å². The number of hydrogen-bond donors (Lipinski definition) is 0. The molecule has 2 aromatic heterocycles. The first-order valence-electron chi connectivity index (χ1n) is 8.90. The highest BCUT2D eigenvalue weighted by atomic mass is 35.5. The lowest BCUT2D eigenvalue weighted by molar-refractivity contribution is 0.277. The summed E-state index contributed by atoms with van der Waals surface area (Å²) in [6.45, 7) is 0. The van der Waals surface area contributed by atoms with Crippen LogP contribution in [0.5, 0.6) is 0 Å². The molecule has 5 rings (SSSR count). The number of rotatable bonds is 2. The van der Waals surface area contributed by atoms with Crippen LogP contribution in [0.3, 0.4) is 0 Å². The minimum atomic E-state index is 0.00465. The van der Waals surface area contributed by atoms with Gasteiger partial charge in [-0.3, -0.25) is 14.5 Å². The molecule has 1 aliphatic carbocycles. The van der Waals surface area contributed by atoms with Gasteiger partial charge in [0.05, 0.1) is 24.0 Å². The Balaban J connectivity index is 0.000000204. The maximum atomic E-state index is 12.5. The molecule has 0 saturated heterocycles. The van der Waals surface area contributed by atoms with Crippen LogP contribution in [0, 0.1) is 0 Å². The van der Waals surface area contributed by atoms with E-state index in [1.165, 1.54) is 6.42 Å². The van der Waals surface area contributed by atoms with Gasteiger partial charge in [-0.15, -0.1) is 0 Å². The molecule has 1 aliphatic heterocycles. The molecule has 1 aromatic carbocycles. The third-order valence-electron chi connectivity index (χ3n) is 4.93. The van der Waals surface area contributed by atoms with Gasteiger partial charge in [0.25, 0.3) is 0 Å². The molecule has 26 heavy (non-hydrogen) atoms. The normalized spacial score (nSPS) is 18.6. The summed E-state index contributed by atoms with van der Waals surface area (Å²) in [5.41, 5.74) is 0.879. The molecule has 0 radical (unpaired) electrons. The highest BCUT2D eigenvalue weighted by Crippen LogP contribution is 2.32. The number of benzene rings is 1. The summed E-state index contributed by atoms with van der Waals surface area (Å²) >= 11 is 5.54. The topological polar surface area (TPSA) is 65.6 Å². The first kappa shape index (κ1) is 17.0. The number of aryl methyl sites for hydroxylation is 1. The number of hydrogen-bond acceptors (Lipinski definition) is 4. The summed E-state index contributed by atoms with van der Waals surface area (Å²) < 4.78 is 3.49. The first-order chi connectivity index (χ1) is 12.7. The molecule has 134 valence electrons. The summed E-state index contributed by atoms with van der Waals surface area (Å²) in [6.07, 6.45) is 10.2. The summed E-state index contributed by atoms with van der Waals surface area (Å²) in [4.78, 5) is 20.9. The van der Waals surface area contributed by atoms with Crippen LogP contribution in [0.4, 0.5) is 0 Å². The van der Waals surface area contributed by atoms with Crippen LogP contribution in [-0.4, -0.2) is 24.3 Å². The highest BCUT2D eigenvalue weighted by molar-refractivity contribution is 6.30. The van der Waals surface area contributed by atoms with Crippen LogP contribution in [0.1, 0.15) is 49.3 Å². The van der Waals surface area contributed by atoms with Gasteiger partial charge < -0.3 is 0 Å². The lowest BCUT2D eigenvalue weighted by atomic mass is 9.93. The summed E-state index contributed by atoms with van der Waals surface area (Å²) in [7, 11) is 0. The second-order valence-electron chi connectivity index (χ2n) is 6.58. The van der Waals surface area contributed by atoms with Crippen LogP contribution in [0.25, 0.3) is 0 Å². The van der Waals surface area contributed by atoms with Gasteiger partial charge in [0.2, 0.25) is 0 Å². The van der Waals surface area contributed by atoms with E-state index in [0.29, 0.717) is 6.04 Å². The van der Waals surface area contributed by atoms with Crippen molar-refractivity contribution in [3.8, 4) is 0 Å². The van der Waals surface area contributed by atoms with Crippen molar-refractivity contribution >= 4 is 11.6 Å². The average molecular weight is 370 g/mol. The Kier molecular flexibility index (Phi) is 4.84. The van der Waals surface area contributed by atoms with E-state index >= 15 is 0 Å². The molecule has 1 atom stereocenters. The summed E-state index contributed by atoms with van der Waals surface area (Å²) in [6, 6.07) is 9.76. The Labute approximate surface area is 156 Å². The molecule has 0 amide bonds. The van der Waals surface area contributed by atoms with Gasteiger partial charge in [-0.25, -0.2) is 9.48 Å². The predicted octanol–water partition coefficient (Wildman–Crippen LogP) is 3.44. The van der Waals surface area contributed by atoms with E-state index in [4.69, 9.17) is 11.6 Å². The van der Waals surface area contributed by atoms with Crippen molar-refractivity contribution in [3.63, 3.8) is 0 Å². The number of halogens is 1. The third-order valence-corrected chi connectivity index (χ3v) is 5.19. The van der Waals surface area contributed by atoms with E-state index in [1.807, 2.05) is 34.9 Å². The van der Waals surface area contributed by atoms with Crippen molar-refractivity contribution in [2.45, 2.75) is 44.2 Å². The molecule has 1 unspecified atom stereocenters. The zero-order valence-electron chi connectivity index (χ0n) is 14.3. The maximum Gasteiger partial charge on any atom is 0.346 e. The van der Waals surface area contributed by atoms with Crippen molar-refractivity contribution in [2.75, 3.05) is 0 Å². The second kappa shape index (κ2) is 7.41. The van der Waals surface area contributed by atoms with Crippen LogP contribution in [0.2, 0.25) is 5.02 Å². The molecule has 7 heteroatoms. The molecular weight excluding hydrogens is 350 g/mol. The zero-order valence-corrected chi connectivity index (χ0v) is 15.1. The van der Waals surface area contributed by atoms with Crippen molar-refractivity contribution in [2.24, 2.45) is 0 Å². The van der Waals surface area contributed by atoms with Gasteiger partial charge in [-0.2, -0.15) is 5.10 Å². The van der Waals surface area contributed by atoms with Gasteiger partial charge in [0.1, 0.15) is 5.82 Å². The fraction of sp³-hybridized carbons (Fsp3) is 0.368. The quantitative estimate of drug-likeness (QED) is 0.694. The van der Waals surface area contributed by atoms with Crippen molar-refractivity contribution < 1.29 is 0 Å². The minimum absolute atomic E-state index is 0.00465. The Hall–Kier alpha value is -2.47. The number of fused-ring (bicyclic) bond motifs is 1. The number of nitrogens with zero attached hydrogens (tertiary/aromatic N) is 5. The van der Waals surface area contributed by atoms with E-state index in [-0.39, 0.29) is 11.7 Å². The zero-order chi connectivity index (χ0) is 17.9. The van der Waals surface area contributed by atoms with Gasteiger partial charge in [0.15, 0.2) is 0 Å². The van der Waals surface area contributed by atoms with Crippen LogP contribution < -0.4 is 5.69 Å². The Morgan fingerprint density at radius 1 is 1.08 bits per heavy atom. The van der Waals surface area contributed by atoms with E-state index < -0.39 is 0 Å². The van der Waals surface area contributed by atoms with Crippen LogP contribution >= 0.6 is 11.6 Å². The van der Waals surface area contributed by atoms with Gasteiger partial charge in [-0.05, 0) is 37.8 Å². The second-order valence-corrected chi connectivity index (χ2v) is 7.01. The summed E-state index contributed by atoms with van der Waals surface area (Å²) in [5.74, 6) is 0.896. The SMILES string of the molecule is Clc1ccccc1.O=c1n(C2CCC2)nc2n1C(c1cnccn1)CC2. The highest BCUT2D eigenvalue weighted by Gasteiger charge is 2.32. The lowest BCUT2D eigenvalue weighted by Crippen LogP contribution is -2.32. The smallest absolute Gasteiger partial charge is 0.270 e. The van der Waals surface area contributed by atoms with E-state index in [1.54, 1.807) is 23.3 Å². The molecule has 1 fully saturated rings. The monoisotopic (exact) mass is 369 g/mol. The van der Waals surface area contributed by atoms with Gasteiger partial charge in [0, 0.05) is 23.8 Å². The molecular formula is C19H20ClN5O. The molecule has 0 N–H and O–H groups in total. The fourth-order valence-corrected chi connectivity index (χ4v) is 3.51. The van der Waals surface area contributed by atoms with Gasteiger partial charge >= 0.3 is 5.69 Å². The molecule has 6 nitrogen and oxygen atoms in total. The Bertz CT molecular complexity index is 918. The van der Waals surface area contributed by atoms with Crippen molar-refractivity contribution in [1.29, 1.82) is 0 Å². The van der Waals surface area contributed by atoms with Crippen molar-refractivity contribution in [1.82, 2.24) is 24.3 Å². The van der Waals surface area contributed by atoms with Crippen molar-refractivity contribution in [3.05, 3.63) is 75.9 Å². The minimum Gasteiger partial charge on any atom is -0.270 e. The fourth-order valence-electron chi connectivity index (χ4n) is 3.36. The third kappa shape index (κ3) is 3.29.